The van der Waals surface area contributed by atoms with Crippen LogP contribution < -0.4 is 25.2 Å². The Bertz CT molecular complexity index is 916. The lowest BCUT2D eigenvalue weighted by Gasteiger charge is -2.11. The summed E-state index contributed by atoms with van der Waals surface area (Å²) >= 11 is 0. The minimum Gasteiger partial charge on any atom is -0.495 e. The molecule has 0 heterocycles. The van der Waals surface area contributed by atoms with Gasteiger partial charge in [-0.15, -0.1) is 0 Å². The van der Waals surface area contributed by atoms with Crippen LogP contribution in [0.4, 0.5) is 5.69 Å². The zero-order chi connectivity index (χ0) is 19.9. The van der Waals surface area contributed by atoms with Gasteiger partial charge in [0.1, 0.15) is 16.4 Å². The lowest BCUT2D eigenvalue weighted by atomic mass is 10.3. The van der Waals surface area contributed by atoms with Crippen molar-refractivity contribution in [2.45, 2.75) is 4.90 Å². The minimum absolute atomic E-state index is 0.0573. The number of nitrogens with one attached hydrogen (secondary N) is 2. The van der Waals surface area contributed by atoms with Crippen molar-refractivity contribution in [1.29, 1.82) is 0 Å². The molecule has 10 heteroatoms. The van der Waals surface area contributed by atoms with Crippen LogP contribution in [0.3, 0.4) is 0 Å². The van der Waals surface area contributed by atoms with Crippen molar-refractivity contribution in [1.82, 2.24) is 5.32 Å². The molecule has 0 saturated carbocycles. The molecule has 0 aromatic heterocycles. The van der Waals surface area contributed by atoms with Crippen LogP contribution in [-0.4, -0.2) is 40.5 Å². The number of hydrogen-bond acceptors (Lipinski definition) is 6. The van der Waals surface area contributed by atoms with Gasteiger partial charge in [-0.05, 0) is 30.3 Å². The van der Waals surface area contributed by atoms with Crippen LogP contribution in [0.25, 0.3) is 0 Å². The topological polar surface area (TPSA) is 137 Å². The van der Waals surface area contributed by atoms with Crippen molar-refractivity contribution < 1.29 is 27.5 Å². The molecule has 0 bridgehead atoms. The highest BCUT2D eigenvalue weighted by molar-refractivity contribution is 7.89. The monoisotopic (exact) mass is 393 g/mol. The summed E-state index contributed by atoms with van der Waals surface area (Å²) in [5.74, 6) is -0.435. The highest BCUT2D eigenvalue weighted by Gasteiger charge is 2.16. The summed E-state index contributed by atoms with van der Waals surface area (Å²) in [4.78, 5) is 23.4. The standard InChI is InChI=1S/C17H19N3O6S/c1-25-14-8-7-12(9-15(14)27(18,23)24)20-16(21)10-19-17(22)11-26-13-5-3-2-4-6-13/h2-9H,10-11H2,1H3,(H,19,22)(H,20,21)(H2,18,23,24). The van der Waals surface area contributed by atoms with E-state index in [2.05, 4.69) is 10.6 Å². The van der Waals surface area contributed by atoms with E-state index < -0.39 is 21.8 Å². The number of rotatable bonds is 8. The van der Waals surface area contributed by atoms with Crippen molar-refractivity contribution in [3.63, 3.8) is 0 Å². The third kappa shape index (κ3) is 6.28. The molecular weight excluding hydrogens is 374 g/mol. The van der Waals surface area contributed by atoms with Gasteiger partial charge in [0.05, 0.1) is 13.7 Å². The maximum absolute atomic E-state index is 11.9. The SMILES string of the molecule is COc1ccc(NC(=O)CNC(=O)COc2ccccc2)cc1S(N)(=O)=O. The predicted molar refractivity (Wildman–Crippen MR) is 97.9 cm³/mol. The molecule has 9 nitrogen and oxygen atoms in total. The smallest absolute Gasteiger partial charge is 0.258 e. The van der Waals surface area contributed by atoms with Gasteiger partial charge in [0, 0.05) is 5.69 Å². The van der Waals surface area contributed by atoms with Crippen molar-refractivity contribution in [2.24, 2.45) is 5.14 Å². The number of sulfonamides is 1. The second-order valence-corrected chi connectivity index (χ2v) is 6.87. The number of ether oxygens (including phenoxy) is 2. The van der Waals surface area contributed by atoms with E-state index >= 15 is 0 Å². The molecule has 0 aliphatic rings. The fraction of sp³-hybridized carbons (Fsp3) is 0.176. The molecule has 144 valence electrons. The Morgan fingerprint density at radius 3 is 2.41 bits per heavy atom. The average molecular weight is 393 g/mol. The van der Waals surface area contributed by atoms with Gasteiger partial charge in [0.15, 0.2) is 6.61 Å². The van der Waals surface area contributed by atoms with Crippen molar-refractivity contribution in [3.05, 3.63) is 48.5 Å². The van der Waals surface area contributed by atoms with Crippen molar-refractivity contribution >= 4 is 27.5 Å². The van der Waals surface area contributed by atoms with Gasteiger partial charge in [-0.3, -0.25) is 9.59 Å². The average Bonchev–Trinajstić information content (AvgIpc) is 2.65. The van der Waals surface area contributed by atoms with Gasteiger partial charge in [-0.1, -0.05) is 18.2 Å². The first-order valence-electron chi connectivity index (χ1n) is 7.75. The lowest BCUT2D eigenvalue weighted by Crippen LogP contribution is -2.35. The number of para-hydroxylation sites is 1. The van der Waals surface area contributed by atoms with Crippen LogP contribution in [0.15, 0.2) is 53.4 Å². The fourth-order valence-corrected chi connectivity index (χ4v) is 2.80. The Balaban J connectivity index is 1.87. The second-order valence-electron chi connectivity index (χ2n) is 5.34. The molecule has 0 unspecified atom stereocenters. The van der Waals surface area contributed by atoms with E-state index in [9.17, 15) is 18.0 Å². The quantitative estimate of drug-likeness (QED) is 0.596. The molecule has 2 rings (SSSR count). The third-order valence-electron chi connectivity index (χ3n) is 3.31. The highest BCUT2D eigenvalue weighted by atomic mass is 32.2. The third-order valence-corrected chi connectivity index (χ3v) is 4.25. The Morgan fingerprint density at radius 2 is 1.78 bits per heavy atom. The van der Waals surface area contributed by atoms with E-state index in [0.29, 0.717) is 5.75 Å². The summed E-state index contributed by atoms with van der Waals surface area (Å²) < 4.78 is 33.3. The summed E-state index contributed by atoms with van der Waals surface area (Å²) in [5, 5.41) is 9.98. The molecule has 0 aliphatic heterocycles. The molecule has 2 aromatic carbocycles. The van der Waals surface area contributed by atoms with Crippen LogP contribution in [0.5, 0.6) is 11.5 Å². The molecule has 0 fully saturated rings. The van der Waals surface area contributed by atoms with Gasteiger partial charge in [0.2, 0.25) is 15.9 Å². The second kappa shape index (κ2) is 9.01. The first-order valence-corrected chi connectivity index (χ1v) is 9.29. The van der Waals surface area contributed by atoms with Gasteiger partial charge < -0.3 is 20.1 Å². The van der Waals surface area contributed by atoms with Crippen LogP contribution >= 0.6 is 0 Å². The first-order chi connectivity index (χ1) is 12.8. The van der Waals surface area contributed by atoms with Gasteiger partial charge in [-0.25, -0.2) is 13.6 Å². The first kappa shape index (κ1) is 20.2. The Hall–Kier alpha value is -3.11. The normalized spacial score (nSPS) is 10.7. The zero-order valence-corrected chi connectivity index (χ0v) is 15.3. The summed E-state index contributed by atoms with van der Waals surface area (Å²) in [7, 11) is -2.72. The lowest BCUT2D eigenvalue weighted by molar-refractivity contribution is -0.125. The van der Waals surface area contributed by atoms with E-state index in [1.54, 1.807) is 24.3 Å². The zero-order valence-electron chi connectivity index (χ0n) is 14.5. The maximum Gasteiger partial charge on any atom is 0.258 e. The van der Waals surface area contributed by atoms with E-state index in [4.69, 9.17) is 14.6 Å². The molecule has 2 aromatic rings. The molecule has 2 amide bonds. The number of carbonyl (C=O) groups excluding carboxylic acids is 2. The fourth-order valence-electron chi connectivity index (χ4n) is 2.08. The number of anilines is 1. The predicted octanol–water partition coefficient (Wildman–Crippen LogP) is 0.476. The minimum atomic E-state index is -4.03. The molecule has 0 radical (unpaired) electrons. The Labute approximate surface area is 156 Å². The number of benzene rings is 2. The Morgan fingerprint density at radius 1 is 1.07 bits per heavy atom. The number of primary sulfonamides is 1. The largest absolute Gasteiger partial charge is 0.495 e. The Kier molecular flexibility index (Phi) is 6.74. The summed E-state index contributed by atoms with van der Waals surface area (Å²) in [6, 6.07) is 12.7. The van der Waals surface area contributed by atoms with E-state index in [-0.39, 0.29) is 29.5 Å². The number of amides is 2. The van der Waals surface area contributed by atoms with Crippen molar-refractivity contribution in [3.8, 4) is 11.5 Å². The molecule has 0 aliphatic carbocycles. The van der Waals surface area contributed by atoms with Crippen LogP contribution in [-0.2, 0) is 19.6 Å². The van der Waals surface area contributed by atoms with E-state index in [0.717, 1.165) is 0 Å². The molecular formula is C17H19N3O6S. The molecule has 0 spiro atoms. The van der Waals surface area contributed by atoms with Crippen LogP contribution in [0.1, 0.15) is 0 Å². The molecule has 0 saturated heterocycles. The van der Waals surface area contributed by atoms with Crippen molar-refractivity contribution in [2.75, 3.05) is 25.6 Å². The van der Waals surface area contributed by atoms with Gasteiger partial charge in [0.25, 0.3) is 5.91 Å². The van der Waals surface area contributed by atoms with Gasteiger partial charge >= 0.3 is 0 Å². The summed E-state index contributed by atoms with van der Waals surface area (Å²) in [5.41, 5.74) is 0.194. The highest BCUT2D eigenvalue weighted by Crippen LogP contribution is 2.25. The molecule has 0 atom stereocenters. The number of hydrogen-bond donors (Lipinski definition) is 3. The van der Waals surface area contributed by atoms with E-state index in [1.807, 2.05) is 6.07 Å². The maximum atomic E-state index is 11.9. The van der Waals surface area contributed by atoms with Crippen LogP contribution in [0.2, 0.25) is 0 Å². The van der Waals surface area contributed by atoms with E-state index in [1.165, 1.54) is 25.3 Å². The molecule has 27 heavy (non-hydrogen) atoms. The number of methoxy groups -OCH3 is 1. The molecule has 4 N–H and O–H groups in total. The summed E-state index contributed by atoms with van der Waals surface area (Å²) in [6.07, 6.45) is 0. The summed E-state index contributed by atoms with van der Waals surface area (Å²) in [6.45, 7) is -0.552. The number of carbonyl (C=O) groups is 2. The number of nitrogens with two attached hydrogens (primary N) is 1. The van der Waals surface area contributed by atoms with Crippen LogP contribution in [0, 0.1) is 0 Å². The van der Waals surface area contributed by atoms with Gasteiger partial charge in [-0.2, -0.15) is 0 Å².